The Morgan fingerprint density at radius 2 is 1.71 bits per heavy atom. The summed E-state index contributed by atoms with van der Waals surface area (Å²) in [4.78, 5) is 16.2. The van der Waals surface area contributed by atoms with Crippen LogP contribution in [0.1, 0.15) is 11.1 Å². The van der Waals surface area contributed by atoms with Gasteiger partial charge in [0.25, 0.3) is 5.91 Å². The zero-order chi connectivity index (χ0) is 19.5. The minimum Gasteiger partial charge on any atom is -0.379 e. The second-order valence-electron chi connectivity index (χ2n) is 6.14. The van der Waals surface area contributed by atoms with E-state index in [1.54, 1.807) is 12.1 Å². The van der Waals surface area contributed by atoms with Gasteiger partial charge in [0.15, 0.2) is 23.1 Å². The van der Waals surface area contributed by atoms with E-state index >= 15 is 0 Å². The van der Waals surface area contributed by atoms with E-state index in [-0.39, 0.29) is 11.7 Å². The maximum atomic E-state index is 12.5. The summed E-state index contributed by atoms with van der Waals surface area (Å²) >= 11 is 0. The summed E-state index contributed by atoms with van der Waals surface area (Å²) in [6.45, 7) is 0. The minimum atomic E-state index is -0.886. The van der Waals surface area contributed by atoms with E-state index in [0.29, 0.717) is 11.1 Å². The number of aliphatic imine (C=N–C) groups is 1. The lowest BCUT2D eigenvalue weighted by atomic mass is 10.0. The molecule has 5 rings (SSSR count). The van der Waals surface area contributed by atoms with E-state index in [0.717, 1.165) is 22.5 Å². The molecule has 0 saturated carbocycles. The van der Waals surface area contributed by atoms with Gasteiger partial charge in [-0.2, -0.15) is 0 Å². The number of nitrogens with zero attached hydrogens (tertiary/aromatic N) is 1. The number of benzodiazepines with no additional fused rings is 1. The Morgan fingerprint density at radius 1 is 0.964 bits per heavy atom. The minimum absolute atomic E-state index is 0.265. The Kier molecular flexibility index (Phi) is 4.74. The van der Waals surface area contributed by atoms with Gasteiger partial charge in [-0.05, 0) is 18.2 Å². The summed E-state index contributed by atoms with van der Waals surface area (Å²) in [6, 6.07) is 22.0. The highest BCUT2D eigenvalue weighted by Crippen LogP contribution is 2.23. The first-order valence-electron chi connectivity index (χ1n) is 8.64. The molecule has 1 unspecified atom stereocenters. The lowest BCUT2D eigenvalue weighted by Crippen LogP contribution is -2.33. The Morgan fingerprint density at radius 3 is 2.39 bits per heavy atom. The van der Waals surface area contributed by atoms with Gasteiger partial charge in [-0.3, -0.25) is 9.79 Å². The van der Waals surface area contributed by atoms with Crippen molar-refractivity contribution in [2.24, 2.45) is 10.7 Å². The summed E-state index contributed by atoms with van der Waals surface area (Å²) in [5.41, 5.74) is 10.1. The lowest BCUT2D eigenvalue weighted by Gasteiger charge is -2.09. The SMILES string of the molecule is Fc1cccc2o[nH]c12.NC1N=C(c2ccccc2)c2ccccc2NC1=O. The third kappa shape index (κ3) is 3.43. The van der Waals surface area contributed by atoms with Crippen molar-refractivity contribution in [3.8, 4) is 0 Å². The molecular weight excluding hydrogens is 359 g/mol. The second kappa shape index (κ2) is 7.50. The molecule has 4 N–H and O–H groups in total. The number of benzene rings is 3. The summed E-state index contributed by atoms with van der Waals surface area (Å²) in [5.74, 6) is -0.558. The van der Waals surface area contributed by atoms with Gasteiger partial charge in [-0.15, -0.1) is 0 Å². The maximum Gasteiger partial charge on any atom is 0.263 e. The lowest BCUT2D eigenvalue weighted by molar-refractivity contribution is -0.117. The number of hydrogen-bond acceptors (Lipinski definition) is 4. The number of aromatic nitrogens is 1. The van der Waals surface area contributed by atoms with Crippen LogP contribution in [-0.4, -0.2) is 22.9 Å². The molecule has 1 aliphatic rings. The third-order valence-electron chi connectivity index (χ3n) is 4.26. The molecular formula is C21H17FN4O2. The van der Waals surface area contributed by atoms with Crippen LogP contribution in [0.5, 0.6) is 0 Å². The molecule has 0 aliphatic carbocycles. The summed E-state index contributed by atoms with van der Waals surface area (Å²) < 4.78 is 17.2. The van der Waals surface area contributed by atoms with Crippen LogP contribution >= 0.6 is 0 Å². The van der Waals surface area contributed by atoms with Crippen LogP contribution in [0.4, 0.5) is 10.1 Å². The second-order valence-corrected chi connectivity index (χ2v) is 6.14. The van der Waals surface area contributed by atoms with Crippen molar-refractivity contribution in [2.45, 2.75) is 6.17 Å². The number of amides is 1. The molecule has 0 bridgehead atoms. The van der Waals surface area contributed by atoms with Crippen molar-refractivity contribution < 1.29 is 13.7 Å². The van der Waals surface area contributed by atoms with Gasteiger partial charge < -0.3 is 15.6 Å². The molecule has 0 fully saturated rings. The number of rotatable bonds is 1. The molecule has 7 heteroatoms. The highest BCUT2D eigenvalue weighted by molar-refractivity contribution is 6.19. The number of nitrogens with one attached hydrogen (secondary N) is 2. The maximum absolute atomic E-state index is 12.5. The van der Waals surface area contributed by atoms with Crippen LogP contribution in [0.25, 0.3) is 11.1 Å². The number of para-hydroxylation sites is 2. The topological polar surface area (TPSA) is 96.4 Å². The first kappa shape index (κ1) is 17.7. The first-order chi connectivity index (χ1) is 13.6. The van der Waals surface area contributed by atoms with Crippen LogP contribution in [0.2, 0.25) is 0 Å². The Labute approximate surface area is 159 Å². The molecule has 140 valence electrons. The highest BCUT2D eigenvalue weighted by Gasteiger charge is 2.22. The molecule has 0 radical (unpaired) electrons. The van der Waals surface area contributed by atoms with Crippen LogP contribution in [-0.2, 0) is 4.79 Å². The van der Waals surface area contributed by atoms with E-state index < -0.39 is 6.17 Å². The zero-order valence-corrected chi connectivity index (χ0v) is 14.7. The van der Waals surface area contributed by atoms with Gasteiger partial charge in [0.2, 0.25) is 0 Å². The van der Waals surface area contributed by atoms with Crippen LogP contribution < -0.4 is 11.1 Å². The largest absolute Gasteiger partial charge is 0.379 e. The number of nitrogens with two attached hydrogens (primary N) is 1. The third-order valence-corrected chi connectivity index (χ3v) is 4.26. The van der Waals surface area contributed by atoms with Crippen molar-refractivity contribution in [1.29, 1.82) is 0 Å². The molecule has 3 aromatic carbocycles. The van der Waals surface area contributed by atoms with Crippen molar-refractivity contribution >= 4 is 28.4 Å². The van der Waals surface area contributed by atoms with Gasteiger partial charge in [0.1, 0.15) is 0 Å². The fraction of sp³-hybridized carbons (Fsp3) is 0.0476. The fourth-order valence-corrected chi connectivity index (χ4v) is 2.85. The van der Waals surface area contributed by atoms with Gasteiger partial charge in [0.05, 0.1) is 11.4 Å². The van der Waals surface area contributed by atoms with E-state index in [4.69, 9.17) is 5.73 Å². The van der Waals surface area contributed by atoms with Gasteiger partial charge >= 0.3 is 0 Å². The molecule has 0 spiro atoms. The first-order valence-corrected chi connectivity index (χ1v) is 8.64. The standard InChI is InChI=1S/C15H13N3O.C6H4FNO/c16-14-15(19)17-12-9-5-4-8-11(12)13(18-14)10-6-2-1-3-7-10;7-4-2-1-3-5-6(4)8-9-5/h1-9,14H,16H2,(H,17,19);1-3,8H. The highest BCUT2D eigenvalue weighted by atomic mass is 19.1. The number of hydrogen-bond donors (Lipinski definition) is 3. The van der Waals surface area contributed by atoms with Crippen LogP contribution in [0.15, 0.2) is 82.3 Å². The molecule has 1 aliphatic heterocycles. The van der Waals surface area contributed by atoms with E-state index in [1.807, 2.05) is 54.6 Å². The van der Waals surface area contributed by atoms with Crippen molar-refractivity contribution in [1.82, 2.24) is 5.16 Å². The average Bonchev–Trinajstić information content (AvgIpc) is 2.81. The van der Waals surface area contributed by atoms with E-state index in [1.165, 1.54) is 6.07 Å². The monoisotopic (exact) mass is 376 g/mol. The molecule has 28 heavy (non-hydrogen) atoms. The number of H-pyrrole nitrogens is 1. The molecule has 2 heterocycles. The Bertz CT molecular complexity index is 1150. The van der Waals surface area contributed by atoms with Gasteiger partial charge in [-0.1, -0.05) is 54.6 Å². The Hall–Kier alpha value is -3.71. The Balaban J connectivity index is 0.000000177. The predicted molar refractivity (Wildman–Crippen MR) is 106 cm³/mol. The average molecular weight is 376 g/mol. The number of carbonyl (C=O) groups is 1. The van der Waals surface area contributed by atoms with Gasteiger partial charge in [-0.25, -0.2) is 9.55 Å². The summed E-state index contributed by atoms with van der Waals surface area (Å²) in [6.07, 6.45) is -0.886. The predicted octanol–water partition coefficient (Wildman–Crippen LogP) is 3.66. The van der Waals surface area contributed by atoms with Crippen LogP contribution in [0.3, 0.4) is 0 Å². The number of aromatic amines is 1. The smallest absolute Gasteiger partial charge is 0.263 e. The molecule has 1 aromatic heterocycles. The van der Waals surface area contributed by atoms with E-state index in [2.05, 4.69) is 20.0 Å². The summed E-state index contributed by atoms with van der Waals surface area (Å²) in [5, 5.41) is 5.18. The van der Waals surface area contributed by atoms with Crippen molar-refractivity contribution in [3.05, 3.63) is 89.7 Å². The molecule has 6 nitrogen and oxygen atoms in total. The molecule has 4 aromatic rings. The van der Waals surface area contributed by atoms with Gasteiger partial charge in [0, 0.05) is 11.1 Å². The number of fused-ring (bicyclic) bond motifs is 2. The molecule has 1 atom stereocenters. The number of halogens is 1. The molecule has 0 saturated heterocycles. The van der Waals surface area contributed by atoms with Crippen molar-refractivity contribution in [3.63, 3.8) is 0 Å². The normalized spacial score (nSPS) is 15.7. The van der Waals surface area contributed by atoms with Crippen molar-refractivity contribution in [2.75, 3.05) is 5.32 Å². The van der Waals surface area contributed by atoms with Crippen LogP contribution in [0, 0.1) is 5.82 Å². The number of carbonyl (C=O) groups excluding carboxylic acids is 1. The quantitative estimate of drug-likeness (QED) is 0.473. The molecule has 1 amide bonds. The zero-order valence-electron chi connectivity index (χ0n) is 14.7. The summed E-state index contributed by atoms with van der Waals surface area (Å²) in [7, 11) is 0. The van der Waals surface area contributed by atoms with E-state index in [9.17, 15) is 9.18 Å². The number of anilines is 1. The fourth-order valence-electron chi connectivity index (χ4n) is 2.85.